The minimum absolute atomic E-state index is 0.143. The van der Waals surface area contributed by atoms with Crippen molar-refractivity contribution in [3.05, 3.63) is 23.8 Å². The average Bonchev–Trinajstić information content (AvgIpc) is 2.35. The highest BCUT2D eigenvalue weighted by atomic mass is 16.5. The van der Waals surface area contributed by atoms with E-state index >= 15 is 0 Å². The Morgan fingerprint density at radius 2 is 2.11 bits per heavy atom. The zero-order valence-corrected chi connectivity index (χ0v) is 10.9. The average molecular weight is 252 g/mol. The summed E-state index contributed by atoms with van der Waals surface area (Å²) in [5.41, 5.74) is 1.04. The largest absolute Gasteiger partial charge is 0.504 e. The van der Waals surface area contributed by atoms with Gasteiger partial charge in [0, 0.05) is 6.42 Å². The van der Waals surface area contributed by atoms with Crippen molar-refractivity contribution in [2.24, 2.45) is 0 Å². The van der Waals surface area contributed by atoms with Crippen molar-refractivity contribution >= 4 is 5.97 Å². The van der Waals surface area contributed by atoms with E-state index in [1.165, 1.54) is 7.11 Å². The van der Waals surface area contributed by atoms with Crippen LogP contribution in [0.3, 0.4) is 0 Å². The summed E-state index contributed by atoms with van der Waals surface area (Å²) in [6, 6.07) is 5.36. The minimum Gasteiger partial charge on any atom is -0.504 e. The first-order valence-corrected chi connectivity index (χ1v) is 6.19. The van der Waals surface area contributed by atoms with Crippen LogP contribution in [-0.4, -0.2) is 24.8 Å². The first-order chi connectivity index (χ1) is 8.67. The van der Waals surface area contributed by atoms with Gasteiger partial charge in [-0.05, 0) is 43.9 Å². The van der Waals surface area contributed by atoms with Gasteiger partial charge in [0.25, 0.3) is 0 Å². The smallest absolute Gasteiger partial charge is 0.305 e. The van der Waals surface area contributed by atoms with Crippen LogP contribution in [0.5, 0.6) is 11.5 Å². The summed E-state index contributed by atoms with van der Waals surface area (Å²) in [7, 11) is 1.52. The number of ether oxygens (including phenoxy) is 2. The standard InChI is InChI=1S/C14H20O4/c1-3-18-14(16)7-5-4-6-11-8-9-13(17-2)12(15)10-11/h8-10,15H,3-7H2,1-2H3. The van der Waals surface area contributed by atoms with Gasteiger partial charge in [0.15, 0.2) is 11.5 Å². The number of carbonyl (C=O) groups excluding carboxylic acids is 1. The molecule has 0 spiro atoms. The van der Waals surface area contributed by atoms with E-state index < -0.39 is 0 Å². The number of phenols is 1. The molecule has 18 heavy (non-hydrogen) atoms. The van der Waals surface area contributed by atoms with E-state index in [4.69, 9.17) is 9.47 Å². The van der Waals surface area contributed by atoms with Gasteiger partial charge in [-0.1, -0.05) is 6.07 Å². The molecular weight excluding hydrogens is 232 g/mol. The fourth-order valence-electron chi connectivity index (χ4n) is 1.72. The molecular formula is C14H20O4. The van der Waals surface area contributed by atoms with Crippen molar-refractivity contribution in [1.29, 1.82) is 0 Å². The zero-order valence-electron chi connectivity index (χ0n) is 10.9. The molecule has 0 radical (unpaired) electrons. The van der Waals surface area contributed by atoms with E-state index in [0.717, 1.165) is 24.8 Å². The van der Waals surface area contributed by atoms with Crippen molar-refractivity contribution in [2.75, 3.05) is 13.7 Å². The number of aromatic hydroxyl groups is 1. The Morgan fingerprint density at radius 3 is 2.72 bits per heavy atom. The van der Waals surface area contributed by atoms with Crippen molar-refractivity contribution in [2.45, 2.75) is 32.6 Å². The van der Waals surface area contributed by atoms with Gasteiger partial charge >= 0.3 is 5.97 Å². The molecule has 0 heterocycles. The quantitative estimate of drug-likeness (QED) is 0.598. The lowest BCUT2D eigenvalue weighted by atomic mass is 10.1. The third-order valence-corrected chi connectivity index (χ3v) is 2.64. The number of carbonyl (C=O) groups is 1. The Balaban J connectivity index is 2.31. The number of phenolic OH excluding ortho intramolecular Hbond substituents is 1. The first kappa shape index (κ1) is 14.4. The summed E-state index contributed by atoms with van der Waals surface area (Å²) in [6.45, 7) is 2.24. The molecule has 4 heteroatoms. The summed E-state index contributed by atoms with van der Waals surface area (Å²) in [4.78, 5) is 11.1. The van der Waals surface area contributed by atoms with Gasteiger partial charge in [0.1, 0.15) is 0 Å². The molecule has 0 aliphatic rings. The molecule has 1 aromatic carbocycles. The molecule has 4 nitrogen and oxygen atoms in total. The van der Waals surface area contributed by atoms with Gasteiger partial charge in [-0.3, -0.25) is 4.79 Å². The third-order valence-electron chi connectivity index (χ3n) is 2.64. The second kappa shape index (κ2) is 7.58. The molecule has 0 unspecified atom stereocenters. The molecule has 0 aromatic heterocycles. The van der Waals surface area contributed by atoms with Crippen molar-refractivity contribution < 1.29 is 19.4 Å². The van der Waals surface area contributed by atoms with Gasteiger partial charge in [-0.15, -0.1) is 0 Å². The van der Waals surface area contributed by atoms with E-state index in [0.29, 0.717) is 18.8 Å². The normalized spacial score (nSPS) is 10.1. The lowest BCUT2D eigenvalue weighted by molar-refractivity contribution is -0.143. The fourth-order valence-corrected chi connectivity index (χ4v) is 1.72. The van der Waals surface area contributed by atoms with Crippen molar-refractivity contribution in [3.8, 4) is 11.5 Å². The Morgan fingerprint density at radius 1 is 1.33 bits per heavy atom. The number of rotatable bonds is 7. The number of hydrogen-bond donors (Lipinski definition) is 1. The van der Waals surface area contributed by atoms with E-state index in [2.05, 4.69) is 0 Å². The van der Waals surface area contributed by atoms with Crippen LogP contribution in [0, 0.1) is 0 Å². The van der Waals surface area contributed by atoms with Crippen LogP contribution in [0.1, 0.15) is 31.7 Å². The van der Waals surface area contributed by atoms with E-state index in [1.807, 2.05) is 6.07 Å². The first-order valence-electron chi connectivity index (χ1n) is 6.19. The lowest BCUT2D eigenvalue weighted by Gasteiger charge is -2.06. The SMILES string of the molecule is CCOC(=O)CCCCc1ccc(OC)c(O)c1. The van der Waals surface area contributed by atoms with E-state index in [9.17, 15) is 9.90 Å². The number of aryl methyl sites for hydroxylation is 1. The molecule has 0 saturated carbocycles. The lowest BCUT2D eigenvalue weighted by Crippen LogP contribution is -2.03. The van der Waals surface area contributed by atoms with Crippen LogP contribution < -0.4 is 4.74 Å². The fraction of sp³-hybridized carbons (Fsp3) is 0.500. The van der Waals surface area contributed by atoms with Gasteiger partial charge in [-0.25, -0.2) is 0 Å². The van der Waals surface area contributed by atoms with Crippen molar-refractivity contribution in [3.63, 3.8) is 0 Å². The third kappa shape index (κ3) is 4.65. The molecule has 0 aliphatic carbocycles. The van der Waals surface area contributed by atoms with Crippen LogP contribution in [-0.2, 0) is 16.0 Å². The molecule has 0 bridgehead atoms. The van der Waals surface area contributed by atoms with Crippen LogP contribution >= 0.6 is 0 Å². The number of benzene rings is 1. The second-order valence-electron chi connectivity index (χ2n) is 4.02. The Hall–Kier alpha value is -1.71. The molecule has 100 valence electrons. The van der Waals surface area contributed by atoms with Crippen LogP contribution in [0.15, 0.2) is 18.2 Å². The van der Waals surface area contributed by atoms with Crippen molar-refractivity contribution in [1.82, 2.24) is 0 Å². The Bertz CT molecular complexity index is 387. The summed E-state index contributed by atoms with van der Waals surface area (Å²) in [5, 5.41) is 9.61. The zero-order chi connectivity index (χ0) is 13.4. The maximum absolute atomic E-state index is 11.1. The van der Waals surface area contributed by atoms with Gasteiger partial charge in [0.05, 0.1) is 13.7 Å². The minimum atomic E-state index is -0.143. The van der Waals surface area contributed by atoms with E-state index in [1.54, 1.807) is 19.1 Å². The molecule has 1 N–H and O–H groups in total. The number of hydrogen-bond acceptors (Lipinski definition) is 4. The summed E-state index contributed by atoms with van der Waals surface area (Å²) in [6.07, 6.45) is 2.98. The topological polar surface area (TPSA) is 55.8 Å². The molecule has 0 amide bonds. The number of esters is 1. The van der Waals surface area contributed by atoms with Crippen LogP contribution in [0.2, 0.25) is 0 Å². The molecule has 0 aliphatic heterocycles. The van der Waals surface area contributed by atoms with Gasteiger partial charge in [0.2, 0.25) is 0 Å². The maximum atomic E-state index is 11.1. The van der Waals surface area contributed by atoms with Gasteiger partial charge < -0.3 is 14.6 Å². The number of methoxy groups -OCH3 is 1. The predicted molar refractivity (Wildman–Crippen MR) is 68.8 cm³/mol. The molecule has 0 fully saturated rings. The number of unbranched alkanes of at least 4 members (excludes halogenated alkanes) is 1. The van der Waals surface area contributed by atoms with Crippen LogP contribution in [0.25, 0.3) is 0 Å². The second-order valence-corrected chi connectivity index (χ2v) is 4.02. The Labute approximate surface area is 108 Å². The highest BCUT2D eigenvalue weighted by Crippen LogP contribution is 2.26. The van der Waals surface area contributed by atoms with Crippen LogP contribution in [0.4, 0.5) is 0 Å². The predicted octanol–water partition coefficient (Wildman–Crippen LogP) is 2.68. The highest BCUT2D eigenvalue weighted by Gasteiger charge is 2.04. The Kier molecular flexibility index (Phi) is 6.05. The molecule has 1 aromatic rings. The highest BCUT2D eigenvalue weighted by molar-refractivity contribution is 5.69. The molecule has 0 atom stereocenters. The summed E-state index contributed by atoms with van der Waals surface area (Å²) >= 11 is 0. The maximum Gasteiger partial charge on any atom is 0.305 e. The molecule has 1 rings (SSSR count). The van der Waals surface area contributed by atoms with E-state index in [-0.39, 0.29) is 11.7 Å². The summed E-state index contributed by atoms with van der Waals surface area (Å²) in [5.74, 6) is 0.487. The summed E-state index contributed by atoms with van der Waals surface area (Å²) < 4.78 is 9.82. The van der Waals surface area contributed by atoms with Gasteiger partial charge in [-0.2, -0.15) is 0 Å². The monoisotopic (exact) mass is 252 g/mol. The molecule has 0 saturated heterocycles.